The molecule has 0 radical (unpaired) electrons. The molecule has 1 aromatic carbocycles. The summed E-state index contributed by atoms with van der Waals surface area (Å²) in [5.74, 6) is 0.208. The molecular formula is C22H23ClF3N5O. The fraction of sp³-hybridized carbons (Fsp3) is 0.409. The van der Waals surface area contributed by atoms with Crippen molar-refractivity contribution in [1.82, 2.24) is 15.0 Å². The maximum Gasteiger partial charge on any atom is 0.266 e. The fourth-order valence-corrected chi connectivity index (χ4v) is 4.13. The first-order valence-electron chi connectivity index (χ1n) is 10.3. The molecular weight excluding hydrogens is 443 g/mol. The summed E-state index contributed by atoms with van der Waals surface area (Å²) in [6, 6.07) is 5.18. The zero-order valence-electron chi connectivity index (χ0n) is 17.7. The largest absolute Gasteiger partial charge is 0.381 e. The van der Waals surface area contributed by atoms with E-state index in [1.54, 1.807) is 20.2 Å². The summed E-state index contributed by atoms with van der Waals surface area (Å²) in [7, 11) is 1.72. The van der Waals surface area contributed by atoms with E-state index in [-0.39, 0.29) is 17.0 Å². The zero-order chi connectivity index (χ0) is 22.8. The van der Waals surface area contributed by atoms with Crippen LogP contribution in [0, 0.1) is 5.82 Å². The first-order chi connectivity index (χ1) is 15.4. The molecule has 3 heterocycles. The van der Waals surface area contributed by atoms with Gasteiger partial charge in [-0.3, -0.25) is 0 Å². The second-order valence-electron chi connectivity index (χ2n) is 7.74. The van der Waals surface area contributed by atoms with E-state index in [0.717, 1.165) is 37.8 Å². The Labute approximate surface area is 188 Å². The molecule has 0 bridgehead atoms. The van der Waals surface area contributed by atoms with Crippen molar-refractivity contribution in [2.75, 3.05) is 30.4 Å². The Kier molecular flexibility index (Phi) is 6.66. The average Bonchev–Trinajstić information content (AvgIpc) is 2.78. The van der Waals surface area contributed by atoms with E-state index in [9.17, 15) is 13.2 Å². The second-order valence-corrected chi connectivity index (χ2v) is 8.08. The van der Waals surface area contributed by atoms with E-state index in [1.807, 2.05) is 6.07 Å². The standard InChI is InChI=1S/C22H23ClF3N5O/c1-12(14-4-3-5-15(19(14)24)20(25)26)28-21-16-10-18(27-11-17(16)29-22(23)30-21)31-8-6-13(32-2)7-9-31/h3-5,10-13,20H,6-9H2,1-2H3,(H,28,29,30)/t12-/m1/s1. The SMILES string of the molecule is COC1CCN(c2cc3c(N[C@H](C)c4cccc(C(F)F)c4F)nc(Cl)nc3cn2)CC1. The number of ether oxygens (including phenoxy) is 1. The third-order valence-electron chi connectivity index (χ3n) is 5.75. The number of benzene rings is 1. The van der Waals surface area contributed by atoms with Gasteiger partial charge in [-0.25, -0.2) is 28.1 Å². The molecule has 0 unspecified atom stereocenters. The lowest BCUT2D eigenvalue weighted by atomic mass is 10.0. The molecule has 0 amide bonds. The number of hydrogen-bond donors (Lipinski definition) is 1. The molecule has 1 atom stereocenters. The van der Waals surface area contributed by atoms with Crippen LogP contribution in [-0.4, -0.2) is 41.3 Å². The van der Waals surface area contributed by atoms with Gasteiger partial charge in [0.25, 0.3) is 6.43 Å². The van der Waals surface area contributed by atoms with Gasteiger partial charge < -0.3 is 15.0 Å². The molecule has 1 aliphatic heterocycles. The molecule has 10 heteroatoms. The Morgan fingerprint density at radius 1 is 1.19 bits per heavy atom. The number of fused-ring (bicyclic) bond motifs is 1. The highest BCUT2D eigenvalue weighted by Crippen LogP contribution is 2.32. The summed E-state index contributed by atoms with van der Waals surface area (Å²) < 4.78 is 46.3. The van der Waals surface area contributed by atoms with Gasteiger partial charge >= 0.3 is 0 Å². The molecule has 1 saturated heterocycles. The Morgan fingerprint density at radius 2 is 1.91 bits per heavy atom. The topological polar surface area (TPSA) is 63.2 Å². The third kappa shape index (κ3) is 4.59. The van der Waals surface area contributed by atoms with Crippen molar-refractivity contribution in [2.45, 2.75) is 38.3 Å². The lowest BCUT2D eigenvalue weighted by molar-refractivity contribution is 0.0818. The molecule has 2 aromatic heterocycles. The van der Waals surface area contributed by atoms with E-state index in [1.165, 1.54) is 12.1 Å². The number of piperidine rings is 1. The molecule has 0 spiro atoms. The minimum absolute atomic E-state index is 0.00413. The van der Waals surface area contributed by atoms with Crippen LogP contribution in [0.15, 0.2) is 30.5 Å². The van der Waals surface area contributed by atoms with Gasteiger partial charge in [-0.15, -0.1) is 0 Å². The Balaban J connectivity index is 1.65. The quantitative estimate of drug-likeness (QED) is 0.482. The number of aromatic nitrogens is 3. The highest BCUT2D eigenvalue weighted by atomic mass is 35.5. The van der Waals surface area contributed by atoms with Crippen LogP contribution in [0.2, 0.25) is 5.28 Å². The van der Waals surface area contributed by atoms with Crippen molar-refractivity contribution in [3.63, 3.8) is 0 Å². The van der Waals surface area contributed by atoms with Crippen LogP contribution in [0.1, 0.15) is 43.4 Å². The predicted molar refractivity (Wildman–Crippen MR) is 118 cm³/mol. The number of nitrogens with zero attached hydrogens (tertiary/aromatic N) is 4. The van der Waals surface area contributed by atoms with E-state index in [0.29, 0.717) is 16.7 Å². The van der Waals surface area contributed by atoms with Crippen LogP contribution in [0.25, 0.3) is 10.9 Å². The molecule has 0 aliphatic carbocycles. The monoisotopic (exact) mass is 465 g/mol. The predicted octanol–water partition coefficient (Wildman–Crippen LogP) is 5.54. The van der Waals surface area contributed by atoms with Crippen LogP contribution in [0.4, 0.5) is 24.8 Å². The van der Waals surface area contributed by atoms with Gasteiger partial charge in [0.1, 0.15) is 17.5 Å². The molecule has 4 rings (SSSR count). The van der Waals surface area contributed by atoms with Crippen molar-refractivity contribution >= 4 is 34.1 Å². The van der Waals surface area contributed by atoms with Crippen LogP contribution in [0.3, 0.4) is 0 Å². The molecule has 1 aliphatic rings. The lowest BCUT2D eigenvalue weighted by Gasteiger charge is -2.32. The van der Waals surface area contributed by atoms with Gasteiger partial charge in [0.15, 0.2) is 0 Å². The third-order valence-corrected chi connectivity index (χ3v) is 5.92. The van der Waals surface area contributed by atoms with Gasteiger partial charge in [-0.1, -0.05) is 18.2 Å². The first kappa shape index (κ1) is 22.5. The zero-order valence-corrected chi connectivity index (χ0v) is 18.4. The number of methoxy groups -OCH3 is 1. The lowest BCUT2D eigenvalue weighted by Crippen LogP contribution is -2.37. The molecule has 170 valence electrons. The van der Waals surface area contributed by atoms with Crippen molar-refractivity contribution < 1.29 is 17.9 Å². The van der Waals surface area contributed by atoms with Crippen LogP contribution >= 0.6 is 11.6 Å². The van der Waals surface area contributed by atoms with Gasteiger partial charge in [0, 0.05) is 31.1 Å². The normalized spacial score (nSPS) is 16.0. The van der Waals surface area contributed by atoms with Crippen molar-refractivity contribution in [3.8, 4) is 0 Å². The maximum absolute atomic E-state index is 14.6. The molecule has 1 fully saturated rings. The highest BCUT2D eigenvalue weighted by molar-refractivity contribution is 6.28. The summed E-state index contributed by atoms with van der Waals surface area (Å²) in [4.78, 5) is 15.2. The Bertz CT molecular complexity index is 1110. The molecule has 32 heavy (non-hydrogen) atoms. The minimum Gasteiger partial charge on any atom is -0.381 e. The number of nitrogens with one attached hydrogen (secondary N) is 1. The number of anilines is 2. The van der Waals surface area contributed by atoms with Crippen LogP contribution in [-0.2, 0) is 4.74 Å². The summed E-state index contributed by atoms with van der Waals surface area (Å²) in [6.45, 7) is 3.28. The van der Waals surface area contributed by atoms with E-state index in [2.05, 4.69) is 25.2 Å². The van der Waals surface area contributed by atoms with Crippen molar-refractivity contribution in [3.05, 3.63) is 52.7 Å². The summed E-state index contributed by atoms with van der Waals surface area (Å²) >= 11 is 6.08. The van der Waals surface area contributed by atoms with Crippen molar-refractivity contribution in [2.24, 2.45) is 0 Å². The number of halogens is 4. The molecule has 1 N–H and O–H groups in total. The number of pyridine rings is 1. The van der Waals surface area contributed by atoms with Crippen molar-refractivity contribution in [1.29, 1.82) is 0 Å². The second kappa shape index (κ2) is 9.46. The van der Waals surface area contributed by atoms with Gasteiger partial charge in [0.2, 0.25) is 5.28 Å². The van der Waals surface area contributed by atoms with E-state index < -0.39 is 23.8 Å². The molecule has 3 aromatic rings. The summed E-state index contributed by atoms with van der Waals surface area (Å²) in [5.41, 5.74) is 0.00584. The molecule has 0 saturated carbocycles. The van der Waals surface area contributed by atoms with Gasteiger partial charge in [-0.05, 0) is 37.4 Å². The fourth-order valence-electron chi connectivity index (χ4n) is 3.95. The highest BCUT2D eigenvalue weighted by Gasteiger charge is 2.22. The van der Waals surface area contributed by atoms with Crippen LogP contribution in [0.5, 0.6) is 0 Å². The van der Waals surface area contributed by atoms with Crippen LogP contribution < -0.4 is 10.2 Å². The number of alkyl halides is 2. The minimum atomic E-state index is -2.90. The first-order valence-corrected chi connectivity index (χ1v) is 10.7. The van der Waals surface area contributed by atoms with E-state index in [4.69, 9.17) is 16.3 Å². The summed E-state index contributed by atoms with van der Waals surface area (Å²) in [5, 5.41) is 3.77. The average molecular weight is 466 g/mol. The van der Waals surface area contributed by atoms with Gasteiger partial charge in [-0.2, -0.15) is 0 Å². The Morgan fingerprint density at radius 3 is 2.59 bits per heavy atom. The molecule has 6 nitrogen and oxygen atoms in total. The number of hydrogen-bond acceptors (Lipinski definition) is 6. The Hall–Kier alpha value is -2.65. The van der Waals surface area contributed by atoms with E-state index >= 15 is 0 Å². The summed E-state index contributed by atoms with van der Waals surface area (Å²) in [6.07, 6.45) is 0.761. The van der Waals surface area contributed by atoms with Gasteiger partial charge in [0.05, 0.1) is 29.4 Å². The number of rotatable bonds is 6. The maximum atomic E-state index is 14.6. The smallest absolute Gasteiger partial charge is 0.266 e.